The van der Waals surface area contributed by atoms with Gasteiger partial charge in [-0.25, -0.2) is 9.38 Å². The Kier molecular flexibility index (Phi) is 6.50. The summed E-state index contributed by atoms with van der Waals surface area (Å²) in [4.78, 5) is 9.23. The summed E-state index contributed by atoms with van der Waals surface area (Å²) >= 11 is 8.04. The van der Waals surface area contributed by atoms with Crippen LogP contribution in [0.15, 0.2) is 59.7 Å². The number of hydrogen-bond donors (Lipinski definition) is 2. The van der Waals surface area contributed by atoms with E-state index in [0.717, 1.165) is 48.2 Å². The lowest BCUT2D eigenvalue weighted by Crippen LogP contribution is -2.27. The molecule has 2 N–H and O–H groups in total. The van der Waals surface area contributed by atoms with Crippen LogP contribution in [0.5, 0.6) is 0 Å². The zero-order valence-corrected chi connectivity index (χ0v) is 18.6. The van der Waals surface area contributed by atoms with E-state index < -0.39 is 0 Å². The molecule has 29 heavy (non-hydrogen) atoms. The molecule has 0 unspecified atom stereocenters. The summed E-state index contributed by atoms with van der Waals surface area (Å²) in [7, 11) is 0. The number of fused-ring (bicyclic) bond motifs is 1. The molecule has 0 radical (unpaired) electrons. The summed E-state index contributed by atoms with van der Waals surface area (Å²) in [6.07, 6.45) is 5.87. The van der Waals surface area contributed by atoms with Crippen LogP contribution in [0.4, 0.5) is 10.1 Å². The second kappa shape index (κ2) is 9.26. The molecule has 0 spiro atoms. The normalized spacial score (nSPS) is 19.9. The van der Waals surface area contributed by atoms with Crippen molar-refractivity contribution < 1.29 is 4.39 Å². The van der Waals surface area contributed by atoms with Crippen molar-refractivity contribution in [1.29, 1.82) is 0 Å². The number of aromatic nitrogens is 1. The largest absolute Gasteiger partial charge is 0.326 e. The molecule has 0 amide bonds. The van der Waals surface area contributed by atoms with Crippen LogP contribution in [-0.2, 0) is 0 Å². The molecule has 4 rings (SSSR count). The van der Waals surface area contributed by atoms with Gasteiger partial charge in [-0.2, -0.15) is 0 Å². The fraction of sp³-hybridized carbons (Fsp3) is 0.273. The highest BCUT2D eigenvalue weighted by Gasteiger charge is 2.24. The van der Waals surface area contributed by atoms with Gasteiger partial charge in [0, 0.05) is 22.3 Å². The molecule has 0 aliphatic heterocycles. The van der Waals surface area contributed by atoms with Gasteiger partial charge in [0.2, 0.25) is 5.96 Å². The van der Waals surface area contributed by atoms with Gasteiger partial charge in [0.15, 0.2) is 0 Å². The number of benzene rings is 2. The van der Waals surface area contributed by atoms with Crippen LogP contribution in [0, 0.1) is 5.82 Å². The van der Waals surface area contributed by atoms with Crippen molar-refractivity contribution in [1.82, 2.24) is 8.51 Å². The third kappa shape index (κ3) is 4.98. The summed E-state index contributed by atoms with van der Waals surface area (Å²) < 4.78 is 16.9. The summed E-state index contributed by atoms with van der Waals surface area (Å²) in [5.41, 5.74) is 2.99. The van der Waals surface area contributed by atoms with E-state index in [1.165, 1.54) is 11.6 Å². The fourth-order valence-corrected chi connectivity index (χ4v) is 4.34. The predicted molar refractivity (Wildman–Crippen MR) is 126 cm³/mol. The first-order chi connectivity index (χ1) is 14.1. The average Bonchev–Trinajstić information content (AvgIpc) is 2.75. The van der Waals surface area contributed by atoms with E-state index in [-0.39, 0.29) is 11.9 Å². The molecule has 1 heterocycles. The first-order valence-corrected chi connectivity index (χ1v) is 11.1. The van der Waals surface area contributed by atoms with Gasteiger partial charge in [0.25, 0.3) is 0 Å². The molecule has 1 aliphatic rings. The second-order valence-electron chi connectivity index (χ2n) is 7.27. The first kappa shape index (κ1) is 20.3. The van der Waals surface area contributed by atoms with Crippen LogP contribution in [0.25, 0.3) is 10.9 Å². The van der Waals surface area contributed by atoms with Gasteiger partial charge in [-0.3, -0.25) is 8.51 Å². The van der Waals surface area contributed by atoms with Crippen LogP contribution in [-0.4, -0.2) is 17.0 Å². The van der Waals surface area contributed by atoms with Crippen molar-refractivity contribution in [2.45, 2.75) is 37.6 Å². The number of pyridine rings is 1. The number of guanidine groups is 1. The Morgan fingerprint density at radius 3 is 2.55 bits per heavy atom. The lowest BCUT2D eigenvalue weighted by atomic mass is 9.81. The van der Waals surface area contributed by atoms with Crippen molar-refractivity contribution in [3.8, 4) is 0 Å². The van der Waals surface area contributed by atoms with Gasteiger partial charge in [0.1, 0.15) is 5.82 Å². The van der Waals surface area contributed by atoms with Gasteiger partial charge < -0.3 is 5.32 Å². The molecule has 150 valence electrons. The quantitative estimate of drug-likeness (QED) is 0.180. The minimum Gasteiger partial charge on any atom is -0.326 e. The number of nitrogens with one attached hydrogen (secondary N) is 2. The van der Waals surface area contributed by atoms with Crippen LogP contribution < -0.4 is 8.85 Å². The second-order valence-corrected chi connectivity index (χ2v) is 8.25. The van der Waals surface area contributed by atoms with Crippen molar-refractivity contribution >= 4 is 57.0 Å². The van der Waals surface area contributed by atoms with Gasteiger partial charge in [0.05, 0.1) is 34.4 Å². The third-order valence-corrected chi connectivity index (χ3v) is 6.14. The van der Waals surface area contributed by atoms with Gasteiger partial charge in [-0.05, 0) is 85.7 Å². The number of rotatable bonds is 3. The van der Waals surface area contributed by atoms with E-state index in [1.54, 1.807) is 12.1 Å². The molecule has 3 aromatic rings. The van der Waals surface area contributed by atoms with Crippen molar-refractivity contribution in [2.75, 3.05) is 5.32 Å². The number of nitrogens with zero attached hydrogens (tertiary/aromatic N) is 2. The molecule has 1 fully saturated rings. The molecule has 7 heteroatoms. The van der Waals surface area contributed by atoms with E-state index >= 15 is 0 Å². The predicted octanol–water partition coefficient (Wildman–Crippen LogP) is 6.46. The van der Waals surface area contributed by atoms with E-state index in [2.05, 4.69) is 36.7 Å². The van der Waals surface area contributed by atoms with Crippen LogP contribution in [0.1, 0.15) is 37.2 Å². The van der Waals surface area contributed by atoms with Crippen molar-refractivity contribution in [2.24, 2.45) is 4.99 Å². The van der Waals surface area contributed by atoms with Crippen LogP contribution >= 0.6 is 34.5 Å². The molecule has 1 aliphatic carbocycles. The van der Waals surface area contributed by atoms with E-state index in [0.29, 0.717) is 10.9 Å². The Labute approximate surface area is 188 Å². The molecular weight excluding hydrogens is 502 g/mol. The maximum absolute atomic E-state index is 13.8. The molecule has 0 atom stereocenters. The summed E-state index contributed by atoms with van der Waals surface area (Å²) in [5, 5.41) is 4.94. The number of anilines is 1. The zero-order valence-electron chi connectivity index (χ0n) is 15.7. The maximum atomic E-state index is 13.8. The Bertz CT molecular complexity index is 1020. The third-order valence-electron chi connectivity index (χ3n) is 5.38. The Morgan fingerprint density at radius 1 is 1.07 bits per heavy atom. The summed E-state index contributed by atoms with van der Waals surface area (Å²) in [6.45, 7) is 0. The molecule has 0 saturated heterocycles. The maximum Gasteiger partial charge on any atom is 0.204 e. The van der Waals surface area contributed by atoms with Crippen molar-refractivity contribution in [3.63, 3.8) is 0 Å². The molecule has 0 bridgehead atoms. The minimum absolute atomic E-state index is 0.212. The zero-order chi connectivity index (χ0) is 20.2. The number of halogens is 3. The van der Waals surface area contributed by atoms with Gasteiger partial charge >= 0.3 is 0 Å². The highest BCUT2D eigenvalue weighted by atomic mass is 127. The number of aliphatic imine (C=N–C) groups is 1. The van der Waals surface area contributed by atoms with Gasteiger partial charge in [-0.15, -0.1) is 0 Å². The Morgan fingerprint density at radius 2 is 1.83 bits per heavy atom. The molecule has 4 nitrogen and oxygen atoms in total. The minimum atomic E-state index is -0.212. The van der Waals surface area contributed by atoms with Crippen LogP contribution in [0.3, 0.4) is 0 Å². The van der Waals surface area contributed by atoms with Crippen molar-refractivity contribution in [3.05, 3.63) is 71.1 Å². The monoisotopic (exact) mass is 522 g/mol. The summed E-state index contributed by atoms with van der Waals surface area (Å²) in [6, 6.07) is 14.7. The highest BCUT2D eigenvalue weighted by molar-refractivity contribution is 14.1. The molecule has 1 saturated carbocycles. The standard InChI is InChI=1S/C22H21ClFIN4/c23-15-3-8-18(9-4-15)28-22(29-25)27-17-6-1-14(2-7-17)19-11-12-26-21-10-5-16(24)13-20(19)21/h3-5,8-14,17H,1-2,6-7H2,(H2,27,28,29). The molecular formula is C22H21ClFIN4. The fourth-order valence-electron chi connectivity index (χ4n) is 3.94. The lowest BCUT2D eigenvalue weighted by Gasteiger charge is -2.28. The Hall–Kier alpha value is -1.93. The van der Waals surface area contributed by atoms with E-state index in [4.69, 9.17) is 16.6 Å². The number of hydrogen-bond acceptors (Lipinski definition) is 2. The first-order valence-electron chi connectivity index (χ1n) is 9.63. The van der Waals surface area contributed by atoms with E-state index in [1.807, 2.05) is 36.5 Å². The lowest BCUT2D eigenvalue weighted by molar-refractivity contribution is 0.398. The van der Waals surface area contributed by atoms with E-state index in [9.17, 15) is 4.39 Å². The molecule has 1 aromatic heterocycles. The average molecular weight is 523 g/mol. The smallest absolute Gasteiger partial charge is 0.204 e. The van der Waals surface area contributed by atoms with Crippen LogP contribution in [0.2, 0.25) is 5.02 Å². The summed E-state index contributed by atoms with van der Waals surface area (Å²) in [5.74, 6) is 0.942. The molecule has 2 aromatic carbocycles. The Balaban J connectivity index is 1.44. The van der Waals surface area contributed by atoms with Gasteiger partial charge in [-0.1, -0.05) is 11.6 Å². The topological polar surface area (TPSA) is 49.3 Å². The highest BCUT2D eigenvalue weighted by Crippen LogP contribution is 2.37. The SMILES string of the molecule is Fc1ccc2nccc(C3CCC(N=C(NI)Nc4ccc(Cl)cc4)CC3)c2c1.